The SMILES string of the molecule is Cc1c2c(c(C)c3c1B1c4ccccc4N(c4ccccc4)c4c1c(cc1c4C(C)(C)c4cc(Oc5ccccc5)ccc4-1)N3c1ccccc1)[Se]c1cc3c(c4c1B2c1ccccc1N4c1ccccc1)C(C)(C)c1cc(Oc2ccccc2)ccc1-3. The summed E-state index contributed by atoms with van der Waals surface area (Å²) in [5.41, 5.74) is 31.7. The van der Waals surface area contributed by atoms with Gasteiger partial charge in [-0.1, -0.05) is 18.2 Å². The molecule has 8 heteroatoms. The van der Waals surface area contributed by atoms with E-state index in [1.165, 1.54) is 137 Å². The van der Waals surface area contributed by atoms with Gasteiger partial charge in [0, 0.05) is 0 Å². The molecule has 0 aromatic heterocycles. The third-order valence-corrected chi connectivity index (χ3v) is 22.7. The Balaban J connectivity index is 0.924. The van der Waals surface area contributed by atoms with Gasteiger partial charge >= 0.3 is 489 Å². The van der Waals surface area contributed by atoms with Gasteiger partial charge < -0.3 is 0 Å². The maximum absolute atomic E-state index is 6.66. The Morgan fingerprint density at radius 3 is 1.24 bits per heavy atom. The second-order valence-electron chi connectivity index (χ2n) is 25.5. The standard InChI is InChI=1S/C80H59B2N3O2Se/c1-48-71-75(49(2)78-72(48)82-64-37-23-25-39-66(64)84(51-28-14-8-15-29-51)77-70-60(47-68(88-78)74(77)82)58-43-41-56(45-62(58)80(70,5)6)87-54-34-20-11-21-35-54)85(52-30-16-9-17-31-52)67-46-59-57-42-40-55(86-53-32-18-10-19-33-53)44-61(57)79(3,4)69(59)76-73(67)81(71)63-36-22-24-38-65(63)83(76)50-26-12-7-13-27-50/h7-47H,1-6H3. The molecule has 2 aliphatic carbocycles. The van der Waals surface area contributed by atoms with E-state index >= 15 is 0 Å². The monoisotopic (exact) mass is 1200 g/mol. The topological polar surface area (TPSA) is 28.2 Å². The van der Waals surface area contributed by atoms with Gasteiger partial charge in [0.2, 0.25) is 0 Å². The quantitative estimate of drug-likeness (QED) is 0.148. The number of benzene rings is 12. The molecule has 4 heterocycles. The number of nitrogens with zero attached hydrogens (tertiary/aromatic N) is 3. The molecule has 0 bridgehead atoms. The number of anilines is 9. The molecule has 0 fully saturated rings. The number of para-hydroxylation sites is 7. The fourth-order valence-electron chi connectivity index (χ4n) is 16.4. The van der Waals surface area contributed by atoms with E-state index in [1.807, 2.05) is 60.7 Å². The van der Waals surface area contributed by atoms with Gasteiger partial charge in [-0.05, 0) is 12.1 Å². The molecule has 0 radical (unpaired) electrons. The Hall–Kier alpha value is -9.71. The van der Waals surface area contributed by atoms with Crippen molar-refractivity contribution in [1.82, 2.24) is 0 Å². The van der Waals surface area contributed by atoms with E-state index in [0.717, 1.165) is 34.4 Å². The minimum absolute atomic E-state index is 0.0379. The van der Waals surface area contributed by atoms with Crippen LogP contribution in [0.25, 0.3) is 22.3 Å². The first-order chi connectivity index (χ1) is 43.0. The van der Waals surface area contributed by atoms with Crippen molar-refractivity contribution in [3.63, 3.8) is 0 Å². The molecule has 18 rings (SSSR count). The molecule has 6 aliphatic rings. The van der Waals surface area contributed by atoms with E-state index in [4.69, 9.17) is 9.47 Å². The summed E-state index contributed by atoms with van der Waals surface area (Å²) < 4.78 is 16.2. The fourth-order valence-corrected chi connectivity index (χ4v) is 19.3. The summed E-state index contributed by atoms with van der Waals surface area (Å²) >= 11 is -0.102. The first-order valence-electron chi connectivity index (χ1n) is 30.8. The van der Waals surface area contributed by atoms with E-state index in [9.17, 15) is 0 Å². The number of rotatable bonds is 7. The maximum atomic E-state index is 6.66. The second kappa shape index (κ2) is 18.9. The van der Waals surface area contributed by atoms with Crippen molar-refractivity contribution in [3.8, 4) is 45.3 Å². The summed E-state index contributed by atoms with van der Waals surface area (Å²) in [5, 5.41) is 0. The molecule has 0 saturated carbocycles. The predicted octanol–water partition coefficient (Wildman–Crippen LogP) is 14.9. The normalized spacial score (nSPS) is 15.0. The van der Waals surface area contributed by atoms with E-state index in [1.54, 1.807) is 0 Å². The molecule has 4 aliphatic heterocycles. The Morgan fingerprint density at radius 1 is 0.341 bits per heavy atom. The molecule has 418 valence electrons. The molecular formula is C80H59B2N3O2Se. The first kappa shape index (κ1) is 51.5. The summed E-state index contributed by atoms with van der Waals surface area (Å²) in [5.74, 6) is 3.35. The van der Waals surface area contributed by atoms with Crippen LogP contribution in [-0.2, 0) is 10.8 Å². The molecule has 12 aromatic rings. The van der Waals surface area contributed by atoms with Crippen LogP contribution >= 0.6 is 0 Å². The number of hydrogen-bond acceptors (Lipinski definition) is 5. The average molecular weight is 1190 g/mol. The second-order valence-corrected chi connectivity index (χ2v) is 27.7. The number of fused-ring (bicyclic) bond motifs is 16. The van der Waals surface area contributed by atoms with Gasteiger partial charge in [-0.15, -0.1) is 0 Å². The molecule has 5 nitrogen and oxygen atoms in total. The third-order valence-electron chi connectivity index (χ3n) is 20.0. The van der Waals surface area contributed by atoms with Gasteiger partial charge in [0.05, 0.1) is 0 Å². The molecule has 12 aromatic carbocycles. The molecule has 0 N–H and O–H groups in total. The summed E-state index contributed by atoms with van der Waals surface area (Å²) in [4.78, 5) is 7.93. The van der Waals surface area contributed by atoms with Crippen molar-refractivity contribution in [2.45, 2.75) is 52.4 Å². The van der Waals surface area contributed by atoms with Gasteiger partial charge in [0.25, 0.3) is 0 Å². The third kappa shape index (κ3) is 7.13. The summed E-state index contributed by atoms with van der Waals surface area (Å²) in [6.07, 6.45) is 0. The molecule has 0 spiro atoms. The summed E-state index contributed by atoms with van der Waals surface area (Å²) in [7, 11) is 0. The Morgan fingerprint density at radius 2 is 0.750 bits per heavy atom. The van der Waals surface area contributed by atoms with Crippen LogP contribution < -0.4 is 65.9 Å². The van der Waals surface area contributed by atoms with Crippen LogP contribution in [0.2, 0.25) is 0 Å². The number of hydrogen-bond donors (Lipinski definition) is 0. The van der Waals surface area contributed by atoms with Gasteiger partial charge in [0.15, 0.2) is 0 Å². The van der Waals surface area contributed by atoms with E-state index in [2.05, 4.69) is 244 Å². The average Bonchev–Trinajstić information content (AvgIpc) is 1.09. The van der Waals surface area contributed by atoms with Crippen molar-refractivity contribution >= 4 is 121 Å². The zero-order valence-electron chi connectivity index (χ0n) is 49.9. The molecule has 88 heavy (non-hydrogen) atoms. The molecule has 0 atom stereocenters. The van der Waals surface area contributed by atoms with Crippen molar-refractivity contribution in [1.29, 1.82) is 0 Å². The minimum atomic E-state index is -0.420. The fraction of sp³-hybridized carbons (Fsp3) is 0.100. The molecule has 0 saturated heterocycles. The van der Waals surface area contributed by atoms with Crippen molar-refractivity contribution in [3.05, 3.63) is 282 Å². The zero-order chi connectivity index (χ0) is 58.9. The summed E-state index contributed by atoms with van der Waals surface area (Å²) in [6.45, 7) is 14.6. The van der Waals surface area contributed by atoms with Crippen LogP contribution in [0.15, 0.2) is 249 Å². The molecule has 0 amide bonds. The van der Waals surface area contributed by atoms with E-state index in [0.29, 0.717) is 0 Å². The van der Waals surface area contributed by atoms with Crippen LogP contribution in [0.5, 0.6) is 23.0 Å². The Kier molecular flexibility index (Phi) is 11.1. The van der Waals surface area contributed by atoms with Gasteiger partial charge in [-0.2, -0.15) is 0 Å². The molecular weight excluding hydrogens is 1140 g/mol. The Labute approximate surface area is 521 Å². The van der Waals surface area contributed by atoms with Crippen molar-refractivity contribution in [2.24, 2.45) is 0 Å². The van der Waals surface area contributed by atoms with Crippen LogP contribution in [-0.4, -0.2) is 28.4 Å². The van der Waals surface area contributed by atoms with Crippen LogP contribution in [0, 0.1) is 13.8 Å². The van der Waals surface area contributed by atoms with Crippen LogP contribution in [0.1, 0.15) is 61.1 Å². The first-order valence-corrected chi connectivity index (χ1v) is 32.5. The van der Waals surface area contributed by atoms with Crippen LogP contribution in [0.3, 0.4) is 0 Å². The predicted molar refractivity (Wildman–Crippen MR) is 369 cm³/mol. The van der Waals surface area contributed by atoms with Gasteiger partial charge in [0.1, 0.15) is 5.75 Å². The van der Waals surface area contributed by atoms with Gasteiger partial charge in [-0.25, -0.2) is 0 Å². The summed E-state index contributed by atoms with van der Waals surface area (Å²) in [6, 6.07) is 91.4. The van der Waals surface area contributed by atoms with E-state index in [-0.39, 0.29) is 33.8 Å². The molecule has 0 unspecified atom stereocenters. The van der Waals surface area contributed by atoms with Crippen molar-refractivity contribution in [2.75, 3.05) is 14.7 Å². The van der Waals surface area contributed by atoms with Crippen molar-refractivity contribution < 1.29 is 9.47 Å². The number of ether oxygens (including phenoxy) is 2. The van der Waals surface area contributed by atoms with Gasteiger partial charge in [-0.3, -0.25) is 0 Å². The zero-order valence-corrected chi connectivity index (χ0v) is 51.6. The van der Waals surface area contributed by atoms with Crippen LogP contribution in [0.4, 0.5) is 51.2 Å². The Bertz CT molecular complexity index is 4940. The van der Waals surface area contributed by atoms with E-state index < -0.39 is 5.41 Å².